The van der Waals surface area contributed by atoms with E-state index in [4.69, 9.17) is 0 Å². The van der Waals surface area contributed by atoms with Crippen LogP contribution in [-0.4, -0.2) is 19.6 Å². The average Bonchev–Trinajstić information content (AvgIpc) is 2.58. The lowest BCUT2D eigenvalue weighted by Gasteiger charge is -1.89. The normalized spacial score (nSPS) is 10.7. The fourth-order valence-corrected chi connectivity index (χ4v) is 1.80. The highest BCUT2D eigenvalue weighted by atomic mass is 79.9. The van der Waals surface area contributed by atoms with Gasteiger partial charge in [-0.3, -0.25) is 9.36 Å². The highest BCUT2D eigenvalue weighted by Crippen LogP contribution is 2.25. The molecule has 2 rings (SSSR count). The Morgan fingerprint density at radius 2 is 2.00 bits per heavy atom. The molecule has 0 aliphatic heterocycles. The molecule has 68 valence electrons. The molecule has 0 saturated carbocycles. The van der Waals surface area contributed by atoms with Crippen LogP contribution in [0.2, 0.25) is 0 Å². The monoisotopic (exact) mass is 240 g/mol. The molecule has 4 nitrogen and oxygen atoms in total. The molecule has 2 aromatic heterocycles. The van der Waals surface area contributed by atoms with E-state index in [2.05, 4.69) is 26.1 Å². The van der Waals surface area contributed by atoms with Crippen molar-refractivity contribution in [1.82, 2.24) is 19.6 Å². The summed E-state index contributed by atoms with van der Waals surface area (Å²) in [6.07, 6.45) is 5.66. The Labute approximate surface area is 84.3 Å². The molecule has 2 heterocycles. The minimum Gasteiger partial charge on any atom is -0.275 e. The van der Waals surface area contributed by atoms with Gasteiger partial charge in [0, 0.05) is 32.1 Å². The lowest BCUT2D eigenvalue weighted by atomic mass is 10.3. The van der Waals surface area contributed by atoms with Gasteiger partial charge in [0.2, 0.25) is 0 Å². The fraction of sp³-hybridized carbons (Fsp3) is 0.250. The predicted molar refractivity (Wildman–Crippen MR) is 53.1 cm³/mol. The molecular weight excluding hydrogens is 232 g/mol. The van der Waals surface area contributed by atoms with Crippen molar-refractivity contribution in [3.8, 4) is 11.3 Å². The lowest BCUT2D eigenvalue weighted by Crippen LogP contribution is -1.87. The third kappa shape index (κ3) is 1.51. The molecule has 0 radical (unpaired) electrons. The number of aryl methyl sites for hydroxylation is 2. The van der Waals surface area contributed by atoms with E-state index >= 15 is 0 Å². The highest BCUT2D eigenvalue weighted by molar-refractivity contribution is 9.10. The summed E-state index contributed by atoms with van der Waals surface area (Å²) in [4.78, 5) is 0. The van der Waals surface area contributed by atoms with Crippen molar-refractivity contribution in [3.05, 3.63) is 23.1 Å². The van der Waals surface area contributed by atoms with E-state index in [-0.39, 0.29) is 0 Å². The van der Waals surface area contributed by atoms with E-state index < -0.39 is 0 Å². The number of halogens is 1. The van der Waals surface area contributed by atoms with Gasteiger partial charge < -0.3 is 0 Å². The summed E-state index contributed by atoms with van der Waals surface area (Å²) in [5, 5.41) is 8.40. The van der Waals surface area contributed by atoms with Gasteiger partial charge in [-0.15, -0.1) is 0 Å². The Morgan fingerprint density at radius 3 is 2.46 bits per heavy atom. The zero-order chi connectivity index (χ0) is 9.42. The standard InChI is InChI=1S/C8H9BrN4/c1-12-4-6(3-10-12)8-7(9)5-13(2)11-8/h3-5H,1-2H3. The molecular formula is C8H9BrN4. The van der Waals surface area contributed by atoms with Crippen molar-refractivity contribution in [2.24, 2.45) is 14.1 Å². The third-order valence-corrected chi connectivity index (χ3v) is 2.34. The van der Waals surface area contributed by atoms with Crippen LogP contribution in [0.3, 0.4) is 0 Å². The van der Waals surface area contributed by atoms with Crippen molar-refractivity contribution in [1.29, 1.82) is 0 Å². The SMILES string of the molecule is Cn1cc(-c2nn(C)cc2Br)cn1. The Kier molecular flexibility index (Phi) is 1.95. The first kappa shape index (κ1) is 8.50. The van der Waals surface area contributed by atoms with Gasteiger partial charge in [0.15, 0.2) is 0 Å². The minimum atomic E-state index is 0.926. The summed E-state index contributed by atoms with van der Waals surface area (Å²) in [6, 6.07) is 0. The first-order valence-electron chi connectivity index (χ1n) is 3.85. The molecule has 0 atom stereocenters. The molecule has 0 aliphatic carbocycles. The molecule has 2 aromatic rings. The molecule has 13 heavy (non-hydrogen) atoms. The van der Waals surface area contributed by atoms with Gasteiger partial charge in [-0.2, -0.15) is 10.2 Å². The van der Waals surface area contributed by atoms with Crippen molar-refractivity contribution >= 4 is 15.9 Å². The Balaban J connectivity index is 2.51. The quantitative estimate of drug-likeness (QED) is 0.759. The number of hydrogen-bond acceptors (Lipinski definition) is 2. The molecule has 0 N–H and O–H groups in total. The first-order valence-corrected chi connectivity index (χ1v) is 4.64. The van der Waals surface area contributed by atoms with Gasteiger partial charge in [0.25, 0.3) is 0 Å². The Hall–Kier alpha value is -1.10. The number of nitrogens with zero attached hydrogens (tertiary/aromatic N) is 4. The van der Waals surface area contributed by atoms with E-state index in [1.807, 2.05) is 26.5 Å². The maximum atomic E-state index is 4.31. The predicted octanol–water partition coefficient (Wildman–Crippen LogP) is 1.58. The number of rotatable bonds is 1. The molecule has 0 aliphatic rings. The van der Waals surface area contributed by atoms with Crippen molar-refractivity contribution in [3.63, 3.8) is 0 Å². The van der Waals surface area contributed by atoms with Gasteiger partial charge in [-0.05, 0) is 15.9 Å². The molecule has 0 amide bonds. The maximum Gasteiger partial charge on any atom is 0.110 e. The summed E-state index contributed by atoms with van der Waals surface area (Å²) < 4.78 is 4.52. The van der Waals surface area contributed by atoms with E-state index in [9.17, 15) is 0 Å². The summed E-state index contributed by atoms with van der Waals surface area (Å²) >= 11 is 3.44. The zero-order valence-electron chi connectivity index (χ0n) is 7.40. The van der Waals surface area contributed by atoms with Gasteiger partial charge in [0.05, 0.1) is 10.7 Å². The smallest absolute Gasteiger partial charge is 0.110 e. The van der Waals surface area contributed by atoms with E-state index in [1.54, 1.807) is 15.6 Å². The van der Waals surface area contributed by atoms with Gasteiger partial charge in [0.1, 0.15) is 5.69 Å². The minimum absolute atomic E-state index is 0.926. The van der Waals surface area contributed by atoms with Crippen LogP contribution in [0.15, 0.2) is 23.1 Å². The van der Waals surface area contributed by atoms with E-state index in [0.29, 0.717) is 0 Å². The molecule has 0 unspecified atom stereocenters. The second kappa shape index (κ2) is 2.99. The Morgan fingerprint density at radius 1 is 1.23 bits per heavy atom. The van der Waals surface area contributed by atoms with Crippen LogP contribution in [0.5, 0.6) is 0 Å². The largest absolute Gasteiger partial charge is 0.275 e. The van der Waals surface area contributed by atoms with Gasteiger partial charge in [-0.1, -0.05) is 0 Å². The number of hydrogen-bond donors (Lipinski definition) is 0. The van der Waals surface area contributed by atoms with Crippen LogP contribution >= 0.6 is 15.9 Å². The summed E-state index contributed by atoms with van der Waals surface area (Å²) in [6.45, 7) is 0. The van der Waals surface area contributed by atoms with Crippen LogP contribution in [-0.2, 0) is 14.1 Å². The van der Waals surface area contributed by atoms with Crippen LogP contribution in [0.1, 0.15) is 0 Å². The van der Waals surface area contributed by atoms with Crippen LogP contribution < -0.4 is 0 Å². The average molecular weight is 241 g/mol. The molecule has 0 fully saturated rings. The maximum absolute atomic E-state index is 4.31. The van der Waals surface area contributed by atoms with E-state index in [1.165, 1.54) is 0 Å². The summed E-state index contributed by atoms with van der Waals surface area (Å²) in [5.41, 5.74) is 1.95. The molecule has 0 aromatic carbocycles. The number of aromatic nitrogens is 4. The molecule has 5 heteroatoms. The van der Waals surface area contributed by atoms with Crippen LogP contribution in [0, 0.1) is 0 Å². The van der Waals surface area contributed by atoms with Crippen LogP contribution in [0.25, 0.3) is 11.3 Å². The first-order chi connectivity index (χ1) is 6.16. The van der Waals surface area contributed by atoms with E-state index in [0.717, 1.165) is 15.7 Å². The van der Waals surface area contributed by atoms with Crippen molar-refractivity contribution in [2.45, 2.75) is 0 Å². The molecule has 0 saturated heterocycles. The fourth-order valence-electron chi connectivity index (χ4n) is 1.20. The highest BCUT2D eigenvalue weighted by Gasteiger charge is 2.08. The topological polar surface area (TPSA) is 35.6 Å². The third-order valence-electron chi connectivity index (χ3n) is 1.76. The van der Waals surface area contributed by atoms with Crippen molar-refractivity contribution < 1.29 is 0 Å². The Bertz CT molecular complexity index is 429. The molecule has 0 bridgehead atoms. The second-order valence-electron chi connectivity index (χ2n) is 2.90. The zero-order valence-corrected chi connectivity index (χ0v) is 8.98. The van der Waals surface area contributed by atoms with Crippen LogP contribution in [0.4, 0.5) is 0 Å². The van der Waals surface area contributed by atoms with Gasteiger partial charge in [-0.25, -0.2) is 0 Å². The van der Waals surface area contributed by atoms with Gasteiger partial charge >= 0.3 is 0 Å². The summed E-state index contributed by atoms with van der Waals surface area (Å²) in [7, 11) is 3.78. The second-order valence-corrected chi connectivity index (χ2v) is 3.76. The lowest BCUT2D eigenvalue weighted by molar-refractivity contribution is 0.766. The molecule has 0 spiro atoms. The van der Waals surface area contributed by atoms with Crippen molar-refractivity contribution in [2.75, 3.05) is 0 Å². The summed E-state index contributed by atoms with van der Waals surface area (Å²) in [5.74, 6) is 0.